The third-order valence-corrected chi connectivity index (χ3v) is 5.94. The van der Waals surface area contributed by atoms with E-state index in [1.54, 1.807) is 6.92 Å². The Bertz CT molecular complexity index is 717. The fourth-order valence-corrected chi connectivity index (χ4v) is 4.53. The number of halogens is 1. The molecule has 0 saturated heterocycles. The minimum absolute atomic E-state index is 0.0370. The number of carboxylic acid groups (broad SMARTS) is 1. The lowest BCUT2D eigenvalue weighted by Crippen LogP contribution is -2.35. The topological polar surface area (TPSA) is 104 Å². The van der Waals surface area contributed by atoms with Crippen LogP contribution >= 0.6 is 15.9 Å². The number of carboxylic acids is 1. The Kier molecular flexibility index (Phi) is 4.35. The van der Waals surface area contributed by atoms with Crippen LogP contribution in [0.4, 0.5) is 5.69 Å². The van der Waals surface area contributed by atoms with Crippen LogP contribution in [0.5, 0.6) is 0 Å². The summed E-state index contributed by atoms with van der Waals surface area (Å²) in [6.07, 6.45) is 0.107. The Morgan fingerprint density at radius 2 is 2.14 bits per heavy atom. The highest BCUT2D eigenvalue weighted by Crippen LogP contribution is 2.33. The molecule has 7 nitrogen and oxygen atoms in total. The van der Waals surface area contributed by atoms with Crippen molar-refractivity contribution in [3.8, 4) is 0 Å². The van der Waals surface area contributed by atoms with Crippen molar-refractivity contribution in [2.24, 2.45) is 0 Å². The number of sulfonamides is 1. The summed E-state index contributed by atoms with van der Waals surface area (Å²) < 4.78 is 26.2. The van der Waals surface area contributed by atoms with E-state index in [1.165, 1.54) is 12.1 Å². The van der Waals surface area contributed by atoms with Crippen molar-refractivity contribution in [3.63, 3.8) is 0 Å². The number of fused-ring (bicyclic) bond motifs is 1. The van der Waals surface area contributed by atoms with E-state index >= 15 is 0 Å². The molecule has 0 fully saturated rings. The van der Waals surface area contributed by atoms with Crippen molar-refractivity contribution < 1.29 is 23.1 Å². The van der Waals surface area contributed by atoms with Gasteiger partial charge in [0.15, 0.2) is 0 Å². The van der Waals surface area contributed by atoms with E-state index in [0.717, 1.165) is 4.31 Å². The zero-order valence-corrected chi connectivity index (χ0v) is 13.5. The summed E-state index contributed by atoms with van der Waals surface area (Å²) in [6, 6.07) is 2.92. The molecule has 1 aromatic carbocycles. The van der Waals surface area contributed by atoms with E-state index in [1.807, 2.05) is 0 Å². The van der Waals surface area contributed by atoms with Crippen molar-refractivity contribution in [1.29, 1.82) is 0 Å². The number of carbonyl (C=O) groups excluding carboxylic acids is 1. The molecular formula is C12H13BrN2O5S. The summed E-state index contributed by atoms with van der Waals surface area (Å²) in [6.45, 7) is 0.988. The molecule has 1 aromatic rings. The van der Waals surface area contributed by atoms with Crippen LogP contribution in [0.3, 0.4) is 0 Å². The number of nitrogens with zero attached hydrogens (tertiary/aromatic N) is 1. The van der Waals surface area contributed by atoms with E-state index in [-0.39, 0.29) is 28.2 Å². The number of likely N-dealkylation sites (N-methyl/N-ethyl adjacent to an activating group) is 1. The molecule has 0 saturated carbocycles. The number of rotatable bonds is 5. The van der Waals surface area contributed by atoms with E-state index in [4.69, 9.17) is 5.11 Å². The number of nitrogens with one attached hydrogen (secondary N) is 1. The molecule has 21 heavy (non-hydrogen) atoms. The maximum absolute atomic E-state index is 12.5. The van der Waals surface area contributed by atoms with Crippen molar-refractivity contribution in [2.75, 3.05) is 18.4 Å². The van der Waals surface area contributed by atoms with Gasteiger partial charge < -0.3 is 10.4 Å². The number of benzene rings is 1. The third kappa shape index (κ3) is 3.09. The van der Waals surface area contributed by atoms with Crippen LogP contribution in [0.15, 0.2) is 21.5 Å². The van der Waals surface area contributed by atoms with Gasteiger partial charge in [0.2, 0.25) is 15.9 Å². The first-order chi connectivity index (χ1) is 9.75. The largest absolute Gasteiger partial charge is 0.480 e. The average molecular weight is 377 g/mol. The highest BCUT2D eigenvalue weighted by atomic mass is 79.9. The van der Waals surface area contributed by atoms with Crippen LogP contribution in [0.2, 0.25) is 0 Å². The molecule has 9 heteroatoms. The van der Waals surface area contributed by atoms with Crippen LogP contribution in [-0.2, 0) is 26.0 Å². The molecule has 114 valence electrons. The Morgan fingerprint density at radius 1 is 1.48 bits per heavy atom. The highest BCUT2D eigenvalue weighted by molar-refractivity contribution is 9.10. The summed E-state index contributed by atoms with van der Waals surface area (Å²) in [5.41, 5.74) is 1.14. The molecule has 0 radical (unpaired) electrons. The number of hydrogen-bond acceptors (Lipinski definition) is 4. The van der Waals surface area contributed by atoms with Crippen LogP contribution in [0, 0.1) is 0 Å². The third-order valence-electron chi connectivity index (χ3n) is 3.06. The minimum atomic E-state index is -3.95. The molecule has 1 heterocycles. The fourth-order valence-electron chi connectivity index (χ4n) is 2.08. The average Bonchev–Trinajstić information content (AvgIpc) is 2.73. The Balaban J connectivity index is 2.48. The fraction of sp³-hybridized carbons (Fsp3) is 0.333. The molecular weight excluding hydrogens is 364 g/mol. The summed E-state index contributed by atoms with van der Waals surface area (Å²) in [5.74, 6) is -1.43. The van der Waals surface area contributed by atoms with Gasteiger partial charge >= 0.3 is 5.97 Å². The van der Waals surface area contributed by atoms with Crippen molar-refractivity contribution >= 4 is 43.5 Å². The number of hydrogen-bond donors (Lipinski definition) is 2. The van der Waals surface area contributed by atoms with Gasteiger partial charge in [0.25, 0.3) is 0 Å². The van der Waals surface area contributed by atoms with Gasteiger partial charge in [0.1, 0.15) is 6.54 Å². The number of amides is 1. The van der Waals surface area contributed by atoms with Crippen molar-refractivity contribution in [1.82, 2.24) is 4.31 Å². The van der Waals surface area contributed by atoms with E-state index < -0.39 is 22.5 Å². The van der Waals surface area contributed by atoms with Crippen LogP contribution in [-0.4, -0.2) is 42.8 Å². The Hall–Kier alpha value is -1.45. The molecule has 2 rings (SSSR count). The summed E-state index contributed by atoms with van der Waals surface area (Å²) in [7, 11) is -3.95. The Labute approximate surface area is 130 Å². The summed E-state index contributed by atoms with van der Waals surface area (Å²) in [4.78, 5) is 22.1. The van der Waals surface area contributed by atoms with Gasteiger partial charge in [0, 0.05) is 16.7 Å². The van der Waals surface area contributed by atoms with Gasteiger partial charge in [-0.05, 0) is 33.6 Å². The molecule has 1 aliphatic heterocycles. The van der Waals surface area contributed by atoms with Crippen molar-refractivity contribution in [3.05, 3.63) is 22.2 Å². The molecule has 0 atom stereocenters. The van der Waals surface area contributed by atoms with E-state index in [9.17, 15) is 18.0 Å². The molecule has 2 N–H and O–H groups in total. The van der Waals surface area contributed by atoms with E-state index in [0.29, 0.717) is 11.3 Å². The highest BCUT2D eigenvalue weighted by Gasteiger charge is 2.30. The number of anilines is 1. The van der Waals surface area contributed by atoms with Gasteiger partial charge in [-0.2, -0.15) is 4.31 Å². The molecule has 0 unspecified atom stereocenters. The van der Waals surface area contributed by atoms with Gasteiger partial charge in [-0.25, -0.2) is 8.42 Å². The van der Waals surface area contributed by atoms with Crippen LogP contribution < -0.4 is 5.32 Å². The first kappa shape index (κ1) is 15.9. The lowest BCUT2D eigenvalue weighted by molar-refractivity contribution is -0.137. The molecule has 0 aliphatic carbocycles. The minimum Gasteiger partial charge on any atom is -0.480 e. The first-order valence-corrected chi connectivity index (χ1v) is 8.33. The molecule has 1 aliphatic rings. The lowest BCUT2D eigenvalue weighted by atomic mass is 10.2. The van der Waals surface area contributed by atoms with Gasteiger partial charge in [-0.15, -0.1) is 0 Å². The maximum Gasteiger partial charge on any atom is 0.318 e. The summed E-state index contributed by atoms with van der Waals surface area (Å²) >= 11 is 3.16. The normalized spacial score (nSPS) is 14.1. The molecule has 0 aromatic heterocycles. The van der Waals surface area contributed by atoms with E-state index in [2.05, 4.69) is 21.2 Å². The monoisotopic (exact) mass is 376 g/mol. The SMILES string of the molecule is CCN(CC(=O)O)S(=O)(=O)c1cc2c(cc1Br)NC(=O)C2. The Morgan fingerprint density at radius 3 is 2.71 bits per heavy atom. The molecule has 0 bridgehead atoms. The maximum atomic E-state index is 12.5. The van der Waals surface area contributed by atoms with Gasteiger partial charge in [-0.1, -0.05) is 6.92 Å². The lowest BCUT2D eigenvalue weighted by Gasteiger charge is -2.19. The quantitative estimate of drug-likeness (QED) is 0.798. The second kappa shape index (κ2) is 5.74. The van der Waals surface area contributed by atoms with Crippen molar-refractivity contribution in [2.45, 2.75) is 18.2 Å². The molecule has 0 spiro atoms. The molecule has 1 amide bonds. The summed E-state index contributed by atoms with van der Waals surface area (Å²) in [5, 5.41) is 11.4. The van der Waals surface area contributed by atoms with Gasteiger partial charge in [-0.3, -0.25) is 9.59 Å². The smallest absolute Gasteiger partial charge is 0.318 e. The standard InChI is InChI=1S/C12H13BrN2O5S/c1-2-15(6-12(17)18)21(19,20)10-3-7-4-11(16)14-9(7)5-8(10)13/h3,5H,2,4,6H2,1H3,(H,14,16)(H,17,18). The predicted octanol–water partition coefficient (Wildman–Crippen LogP) is 1.04. The first-order valence-electron chi connectivity index (χ1n) is 6.10. The zero-order valence-electron chi connectivity index (χ0n) is 11.1. The zero-order chi connectivity index (χ0) is 15.8. The van der Waals surface area contributed by atoms with Crippen LogP contribution in [0.25, 0.3) is 0 Å². The number of aliphatic carboxylic acids is 1. The second-order valence-corrected chi connectivity index (χ2v) is 7.25. The number of carbonyl (C=O) groups is 2. The second-order valence-electron chi connectivity index (χ2n) is 4.49. The predicted molar refractivity (Wildman–Crippen MR) is 78.5 cm³/mol. The van der Waals surface area contributed by atoms with Gasteiger partial charge in [0.05, 0.1) is 11.3 Å². The van der Waals surface area contributed by atoms with Crippen LogP contribution in [0.1, 0.15) is 12.5 Å².